The van der Waals surface area contributed by atoms with Crippen LogP contribution in [0.15, 0.2) is 0 Å². The monoisotopic (exact) mass is 284 g/mol. The van der Waals surface area contributed by atoms with Crippen molar-refractivity contribution in [1.82, 2.24) is 10.2 Å². The molecule has 0 aromatic heterocycles. The number of rotatable bonds is 7. The van der Waals surface area contributed by atoms with E-state index >= 15 is 0 Å². The molecule has 1 N–H and O–H groups in total. The van der Waals surface area contributed by atoms with Gasteiger partial charge in [0.05, 0.1) is 6.61 Å². The summed E-state index contributed by atoms with van der Waals surface area (Å²) in [6.07, 6.45) is 2.40. The number of ether oxygens (including phenoxy) is 1. The first-order chi connectivity index (χ1) is 9.36. The Bertz CT molecular complexity index is 260. The average molecular weight is 284 g/mol. The molecule has 0 saturated carbocycles. The number of nitrogens with zero attached hydrogens (tertiary/aromatic N) is 1. The first kappa shape index (κ1) is 17.9. The molecule has 1 heterocycles. The van der Waals surface area contributed by atoms with Gasteiger partial charge in [-0.3, -0.25) is 4.90 Å². The lowest BCUT2D eigenvalue weighted by atomic mass is 9.83. The number of nitrogens with one attached hydrogen (secondary N) is 1. The molecule has 0 radical (unpaired) electrons. The Balaban J connectivity index is 2.49. The van der Waals surface area contributed by atoms with Gasteiger partial charge in [0.1, 0.15) is 0 Å². The second-order valence-corrected chi connectivity index (χ2v) is 7.60. The summed E-state index contributed by atoms with van der Waals surface area (Å²) >= 11 is 0. The van der Waals surface area contributed by atoms with E-state index in [4.69, 9.17) is 4.74 Å². The lowest BCUT2D eigenvalue weighted by Crippen LogP contribution is -2.62. The summed E-state index contributed by atoms with van der Waals surface area (Å²) in [4.78, 5) is 2.65. The maximum Gasteiger partial charge on any atom is 0.0593 e. The van der Waals surface area contributed by atoms with E-state index in [2.05, 4.69) is 51.8 Å². The summed E-state index contributed by atoms with van der Waals surface area (Å²) in [5.74, 6) is 0.694. The molecule has 0 amide bonds. The van der Waals surface area contributed by atoms with Crippen LogP contribution in [0.2, 0.25) is 0 Å². The van der Waals surface area contributed by atoms with Gasteiger partial charge < -0.3 is 10.1 Å². The van der Waals surface area contributed by atoms with Crippen molar-refractivity contribution in [3.05, 3.63) is 0 Å². The summed E-state index contributed by atoms with van der Waals surface area (Å²) in [6, 6.07) is 1.22. The molecule has 1 saturated heterocycles. The second kappa shape index (κ2) is 8.35. The quantitative estimate of drug-likeness (QED) is 0.727. The van der Waals surface area contributed by atoms with Crippen molar-refractivity contribution in [1.29, 1.82) is 0 Å². The third kappa shape index (κ3) is 5.71. The van der Waals surface area contributed by atoms with Crippen LogP contribution in [0.4, 0.5) is 0 Å². The van der Waals surface area contributed by atoms with E-state index in [1.54, 1.807) is 0 Å². The minimum atomic E-state index is 0.318. The Morgan fingerprint density at radius 3 is 2.50 bits per heavy atom. The second-order valence-electron chi connectivity index (χ2n) is 7.60. The number of hydrogen-bond acceptors (Lipinski definition) is 3. The van der Waals surface area contributed by atoms with Crippen LogP contribution in [0.5, 0.6) is 0 Å². The van der Waals surface area contributed by atoms with Crippen LogP contribution in [0.25, 0.3) is 0 Å². The number of piperazine rings is 1. The van der Waals surface area contributed by atoms with Crippen molar-refractivity contribution in [2.45, 2.75) is 66.5 Å². The van der Waals surface area contributed by atoms with Crippen LogP contribution >= 0.6 is 0 Å². The molecule has 1 rings (SSSR count). The molecule has 0 aromatic carbocycles. The van der Waals surface area contributed by atoms with Gasteiger partial charge >= 0.3 is 0 Å². The Hall–Kier alpha value is -0.120. The van der Waals surface area contributed by atoms with Crippen molar-refractivity contribution in [2.24, 2.45) is 11.3 Å². The van der Waals surface area contributed by atoms with Gasteiger partial charge in [0.15, 0.2) is 0 Å². The van der Waals surface area contributed by atoms with E-state index in [1.165, 1.54) is 12.8 Å². The molecule has 1 aliphatic rings. The fourth-order valence-electron chi connectivity index (χ4n) is 2.91. The zero-order chi connectivity index (χ0) is 15.2. The Morgan fingerprint density at radius 2 is 1.95 bits per heavy atom. The van der Waals surface area contributed by atoms with Gasteiger partial charge in [-0.25, -0.2) is 0 Å². The molecule has 3 nitrogen and oxygen atoms in total. The summed E-state index contributed by atoms with van der Waals surface area (Å²) in [7, 11) is 0. The van der Waals surface area contributed by atoms with E-state index in [-0.39, 0.29) is 0 Å². The maximum absolute atomic E-state index is 5.77. The van der Waals surface area contributed by atoms with Crippen molar-refractivity contribution in [3.63, 3.8) is 0 Å². The van der Waals surface area contributed by atoms with Gasteiger partial charge in [-0.15, -0.1) is 0 Å². The lowest BCUT2D eigenvalue weighted by molar-refractivity contribution is 0.0181. The van der Waals surface area contributed by atoms with Crippen LogP contribution in [-0.2, 0) is 4.74 Å². The Kier molecular flexibility index (Phi) is 7.49. The molecule has 0 spiro atoms. The van der Waals surface area contributed by atoms with Crippen LogP contribution in [0, 0.1) is 11.3 Å². The summed E-state index contributed by atoms with van der Waals surface area (Å²) in [6.45, 7) is 19.0. The molecule has 20 heavy (non-hydrogen) atoms. The fourth-order valence-corrected chi connectivity index (χ4v) is 2.91. The van der Waals surface area contributed by atoms with Crippen LogP contribution in [0.3, 0.4) is 0 Å². The summed E-state index contributed by atoms with van der Waals surface area (Å²) < 4.78 is 5.77. The van der Waals surface area contributed by atoms with Gasteiger partial charge in [-0.1, -0.05) is 48.0 Å². The van der Waals surface area contributed by atoms with Gasteiger partial charge in [0, 0.05) is 38.3 Å². The predicted molar refractivity (Wildman–Crippen MR) is 87.2 cm³/mol. The van der Waals surface area contributed by atoms with Gasteiger partial charge in [0.25, 0.3) is 0 Å². The minimum Gasteiger partial charge on any atom is -0.380 e. The van der Waals surface area contributed by atoms with E-state index in [0.717, 1.165) is 32.8 Å². The summed E-state index contributed by atoms with van der Waals surface area (Å²) in [5.41, 5.74) is 0.318. The average Bonchev–Trinajstić information content (AvgIpc) is 2.37. The first-order valence-corrected chi connectivity index (χ1v) is 8.41. The lowest BCUT2D eigenvalue weighted by Gasteiger charge is -2.47. The number of hydrogen-bond donors (Lipinski definition) is 1. The molecule has 2 unspecified atom stereocenters. The maximum atomic E-state index is 5.77. The zero-order valence-electron chi connectivity index (χ0n) is 14.5. The molecular formula is C17H36N2O. The Morgan fingerprint density at radius 1 is 1.25 bits per heavy atom. The highest BCUT2D eigenvalue weighted by Gasteiger charge is 2.35. The standard InChI is InChI=1S/C17H36N2O/c1-7-8-10-20-11-9-19-13-15(14(2)3)18-12-16(19)17(4,5)6/h14-16,18H,7-13H2,1-6H3. The van der Waals surface area contributed by atoms with Gasteiger partial charge in [-0.2, -0.15) is 0 Å². The van der Waals surface area contributed by atoms with Crippen molar-refractivity contribution in [2.75, 3.05) is 32.8 Å². The molecule has 3 heteroatoms. The highest BCUT2D eigenvalue weighted by molar-refractivity contribution is 4.93. The van der Waals surface area contributed by atoms with E-state index < -0.39 is 0 Å². The van der Waals surface area contributed by atoms with Crippen LogP contribution < -0.4 is 5.32 Å². The largest absolute Gasteiger partial charge is 0.380 e. The predicted octanol–water partition coefficient (Wildman–Crippen LogP) is 3.15. The van der Waals surface area contributed by atoms with Crippen LogP contribution in [0.1, 0.15) is 54.4 Å². The molecule has 2 atom stereocenters. The SMILES string of the molecule is CCCCOCCN1CC(C(C)C)NCC1C(C)(C)C. The molecule has 0 aromatic rings. The first-order valence-electron chi connectivity index (χ1n) is 8.41. The third-order valence-electron chi connectivity index (χ3n) is 4.41. The van der Waals surface area contributed by atoms with Gasteiger partial charge in [0.2, 0.25) is 0 Å². The van der Waals surface area contributed by atoms with Gasteiger partial charge in [-0.05, 0) is 17.8 Å². The molecule has 0 aliphatic carbocycles. The van der Waals surface area contributed by atoms with Crippen molar-refractivity contribution in [3.8, 4) is 0 Å². The zero-order valence-corrected chi connectivity index (χ0v) is 14.5. The van der Waals surface area contributed by atoms with Crippen molar-refractivity contribution < 1.29 is 4.74 Å². The van der Waals surface area contributed by atoms with E-state index in [9.17, 15) is 0 Å². The molecule has 0 bridgehead atoms. The molecule has 1 fully saturated rings. The fraction of sp³-hybridized carbons (Fsp3) is 1.00. The van der Waals surface area contributed by atoms with E-state index in [0.29, 0.717) is 23.4 Å². The molecular weight excluding hydrogens is 248 g/mol. The molecule has 1 aliphatic heterocycles. The number of unbranched alkanes of at least 4 members (excludes halogenated alkanes) is 1. The topological polar surface area (TPSA) is 24.5 Å². The van der Waals surface area contributed by atoms with Crippen LogP contribution in [-0.4, -0.2) is 49.8 Å². The molecule has 120 valence electrons. The third-order valence-corrected chi connectivity index (χ3v) is 4.41. The van der Waals surface area contributed by atoms with E-state index in [1.807, 2.05) is 0 Å². The summed E-state index contributed by atoms with van der Waals surface area (Å²) in [5, 5.41) is 3.73. The highest BCUT2D eigenvalue weighted by atomic mass is 16.5. The smallest absolute Gasteiger partial charge is 0.0593 e. The normalized spacial score (nSPS) is 25.4. The Labute approximate surface area is 126 Å². The van der Waals surface area contributed by atoms with Crippen molar-refractivity contribution >= 4 is 0 Å². The minimum absolute atomic E-state index is 0.318. The highest BCUT2D eigenvalue weighted by Crippen LogP contribution is 2.27.